The van der Waals surface area contributed by atoms with E-state index in [0.717, 1.165) is 6.26 Å². The Morgan fingerprint density at radius 1 is 1.22 bits per heavy atom. The molecule has 0 amide bonds. The average molecular weight is 474 g/mol. The van der Waals surface area contributed by atoms with Gasteiger partial charge in [-0.2, -0.15) is 13.2 Å². The summed E-state index contributed by atoms with van der Waals surface area (Å²) in [7, 11) is -3.23. The Labute approximate surface area is 153 Å². The number of nitrogens with zero attached hydrogens (tertiary/aromatic N) is 2. The molecule has 0 saturated heterocycles. The summed E-state index contributed by atoms with van der Waals surface area (Å²) in [4.78, 5) is 4.13. The Kier molecular flexibility index (Phi) is 13.1. The van der Waals surface area contributed by atoms with Gasteiger partial charge in [0.25, 0.3) is 0 Å². The molecule has 0 aliphatic carbocycles. The number of halogens is 4. The van der Waals surface area contributed by atoms with Gasteiger partial charge in [-0.3, -0.25) is 4.99 Å². The third-order valence-corrected chi connectivity index (χ3v) is 4.08. The van der Waals surface area contributed by atoms with Crippen molar-refractivity contribution in [2.75, 3.05) is 39.0 Å². The quantitative estimate of drug-likeness (QED) is 0.231. The lowest BCUT2D eigenvalue weighted by atomic mass is 10.4. The number of hydrogen-bond acceptors (Lipinski definition) is 3. The zero-order valence-electron chi connectivity index (χ0n) is 13.6. The minimum Gasteiger partial charge on any atom is -0.357 e. The predicted octanol–water partition coefficient (Wildman–Crippen LogP) is 1.78. The molecule has 0 aromatic heterocycles. The number of aliphatic imine (C=N–C) groups is 1. The van der Waals surface area contributed by atoms with Gasteiger partial charge in [0.1, 0.15) is 0 Å². The van der Waals surface area contributed by atoms with Crippen molar-refractivity contribution in [2.45, 2.75) is 32.9 Å². The van der Waals surface area contributed by atoms with Crippen LogP contribution in [0.15, 0.2) is 4.99 Å². The van der Waals surface area contributed by atoms with Crippen LogP contribution >= 0.6 is 24.0 Å². The maximum Gasteiger partial charge on any atom is 0.390 e. The molecule has 6 nitrogen and oxygen atoms in total. The largest absolute Gasteiger partial charge is 0.390 e. The first-order chi connectivity index (χ1) is 10.1. The molecule has 0 saturated carbocycles. The number of rotatable bonds is 9. The molecule has 2 N–H and O–H groups in total. The predicted molar refractivity (Wildman–Crippen MR) is 96.8 cm³/mol. The van der Waals surface area contributed by atoms with Gasteiger partial charge in [0.2, 0.25) is 10.0 Å². The standard InChI is InChI=1S/C12H25F3N4O2S.HI/c1-4-16-11(18-9-7-12(13,14)15)17-8-6-10-19(5-2)22(3,20)21;/h4-10H2,1-3H3,(H2,16,17,18);1H. The second-order valence-corrected chi connectivity index (χ2v) is 6.64. The molecule has 0 heterocycles. The second-order valence-electron chi connectivity index (χ2n) is 4.66. The van der Waals surface area contributed by atoms with Gasteiger partial charge >= 0.3 is 6.18 Å². The lowest BCUT2D eigenvalue weighted by Crippen LogP contribution is -2.39. The molecule has 0 unspecified atom stereocenters. The minimum absolute atomic E-state index is 0. The van der Waals surface area contributed by atoms with E-state index in [0.29, 0.717) is 38.6 Å². The van der Waals surface area contributed by atoms with Gasteiger partial charge in [0.05, 0.1) is 12.7 Å². The molecule has 0 aliphatic rings. The van der Waals surface area contributed by atoms with E-state index in [2.05, 4.69) is 15.6 Å². The second kappa shape index (κ2) is 12.1. The average Bonchev–Trinajstić information content (AvgIpc) is 2.35. The van der Waals surface area contributed by atoms with Crippen molar-refractivity contribution in [2.24, 2.45) is 4.99 Å². The molecule has 0 aliphatic heterocycles. The number of nitrogens with one attached hydrogen (secondary N) is 2. The summed E-state index contributed by atoms with van der Waals surface area (Å²) >= 11 is 0. The Bertz CT molecular complexity index is 444. The number of alkyl halides is 3. The fourth-order valence-corrected chi connectivity index (χ4v) is 2.59. The van der Waals surface area contributed by atoms with Crippen LogP contribution in [0, 0.1) is 0 Å². The van der Waals surface area contributed by atoms with Gasteiger partial charge in [-0.1, -0.05) is 6.92 Å². The summed E-state index contributed by atoms with van der Waals surface area (Å²) in [6, 6.07) is 0. The van der Waals surface area contributed by atoms with Crippen molar-refractivity contribution >= 4 is 40.0 Å². The van der Waals surface area contributed by atoms with Crippen LogP contribution in [-0.2, 0) is 10.0 Å². The van der Waals surface area contributed by atoms with E-state index < -0.39 is 22.6 Å². The van der Waals surface area contributed by atoms with Crippen molar-refractivity contribution in [1.82, 2.24) is 14.9 Å². The highest BCUT2D eigenvalue weighted by Gasteiger charge is 2.26. The maximum absolute atomic E-state index is 12.1. The smallest absolute Gasteiger partial charge is 0.357 e. The lowest BCUT2D eigenvalue weighted by molar-refractivity contribution is -0.132. The third-order valence-electron chi connectivity index (χ3n) is 2.70. The van der Waals surface area contributed by atoms with Crippen molar-refractivity contribution in [3.63, 3.8) is 0 Å². The first-order valence-corrected chi connectivity index (χ1v) is 8.99. The number of sulfonamides is 1. The van der Waals surface area contributed by atoms with Crippen LogP contribution in [0.25, 0.3) is 0 Å². The summed E-state index contributed by atoms with van der Waals surface area (Å²) in [6.07, 6.45) is -3.50. The van der Waals surface area contributed by atoms with Gasteiger partial charge in [-0.25, -0.2) is 12.7 Å². The van der Waals surface area contributed by atoms with Crippen LogP contribution in [-0.4, -0.2) is 63.8 Å². The molecule has 11 heteroatoms. The van der Waals surface area contributed by atoms with Crippen LogP contribution in [0.1, 0.15) is 26.7 Å². The SMILES string of the molecule is CCNC(=NCCCN(CC)S(C)(=O)=O)NCCC(F)(F)F.I. The first kappa shape index (κ1) is 24.9. The van der Waals surface area contributed by atoms with Gasteiger partial charge in [0, 0.05) is 32.7 Å². The molecule has 0 bridgehead atoms. The molecule has 23 heavy (non-hydrogen) atoms. The minimum atomic E-state index is -4.21. The Balaban J connectivity index is 0. The molecule has 0 rings (SSSR count). The Hall–Kier alpha value is -0.300. The fraction of sp³-hybridized carbons (Fsp3) is 0.917. The van der Waals surface area contributed by atoms with E-state index in [1.165, 1.54) is 4.31 Å². The molecular weight excluding hydrogens is 448 g/mol. The Morgan fingerprint density at radius 2 is 1.83 bits per heavy atom. The number of guanidine groups is 1. The summed E-state index contributed by atoms with van der Waals surface area (Å²) in [5.74, 6) is 0.300. The van der Waals surface area contributed by atoms with Gasteiger partial charge in [0.15, 0.2) is 5.96 Å². The van der Waals surface area contributed by atoms with Crippen LogP contribution < -0.4 is 10.6 Å². The Morgan fingerprint density at radius 3 is 2.26 bits per heavy atom. The topological polar surface area (TPSA) is 73.8 Å². The third kappa shape index (κ3) is 13.8. The lowest BCUT2D eigenvalue weighted by Gasteiger charge is -2.17. The van der Waals surface area contributed by atoms with Crippen molar-refractivity contribution < 1.29 is 21.6 Å². The zero-order chi connectivity index (χ0) is 17.2. The molecule has 0 atom stereocenters. The summed E-state index contributed by atoms with van der Waals surface area (Å²) < 4.78 is 60.3. The molecule has 0 fully saturated rings. The van der Waals surface area contributed by atoms with Gasteiger partial charge < -0.3 is 10.6 Å². The fourth-order valence-electron chi connectivity index (χ4n) is 1.66. The monoisotopic (exact) mass is 474 g/mol. The van der Waals surface area contributed by atoms with Crippen molar-refractivity contribution in [3.8, 4) is 0 Å². The summed E-state index contributed by atoms with van der Waals surface area (Å²) in [6.45, 7) is 4.87. The van der Waals surface area contributed by atoms with E-state index in [4.69, 9.17) is 0 Å². The summed E-state index contributed by atoms with van der Waals surface area (Å²) in [5, 5.41) is 5.44. The van der Waals surface area contributed by atoms with Gasteiger partial charge in [-0.05, 0) is 13.3 Å². The van der Waals surface area contributed by atoms with Crippen LogP contribution in [0.5, 0.6) is 0 Å². The van der Waals surface area contributed by atoms with E-state index in [1.807, 2.05) is 6.92 Å². The van der Waals surface area contributed by atoms with E-state index in [1.54, 1.807) is 6.92 Å². The zero-order valence-corrected chi connectivity index (χ0v) is 16.8. The highest BCUT2D eigenvalue weighted by atomic mass is 127. The normalized spacial score (nSPS) is 12.9. The summed E-state index contributed by atoms with van der Waals surface area (Å²) in [5.41, 5.74) is 0. The highest BCUT2D eigenvalue weighted by molar-refractivity contribution is 14.0. The van der Waals surface area contributed by atoms with Crippen LogP contribution in [0.3, 0.4) is 0 Å². The maximum atomic E-state index is 12.1. The molecule has 0 aromatic carbocycles. The molecule has 0 spiro atoms. The molecule has 0 aromatic rings. The van der Waals surface area contributed by atoms with Gasteiger partial charge in [-0.15, -0.1) is 24.0 Å². The first-order valence-electron chi connectivity index (χ1n) is 7.14. The molecular formula is C12H26F3IN4O2S. The van der Waals surface area contributed by atoms with Crippen molar-refractivity contribution in [3.05, 3.63) is 0 Å². The number of hydrogen-bond donors (Lipinski definition) is 2. The van der Waals surface area contributed by atoms with Crippen LogP contribution in [0.4, 0.5) is 13.2 Å². The molecule has 140 valence electrons. The van der Waals surface area contributed by atoms with Crippen LogP contribution in [0.2, 0.25) is 0 Å². The van der Waals surface area contributed by atoms with E-state index in [9.17, 15) is 21.6 Å². The van der Waals surface area contributed by atoms with E-state index in [-0.39, 0.29) is 30.5 Å². The van der Waals surface area contributed by atoms with E-state index >= 15 is 0 Å². The van der Waals surface area contributed by atoms with Crippen molar-refractivity contribution in [1.29, 1.82) is 0 Å². The highest BCUT2D eigenvalue weighted by Crippen LogP contribution is 2.17. The molecule has 0 radical (unpaired) electrons.